The molecule has 1 atom stereocenters. The highest BCUT2D eigenvalue weighted by Gasteiger charge is 2.27. The smallest absolute Gasteiger partial charge is 0.227 e. The molecule has 0 radical (unpaired) electrons. The Bertz CT molecular complexity index is 1250. The van der Waals surface area contributed by atoms with Crippen LogP contribution in [0.2, 0.25) is 0 Å². The molecule has 5 nitrogen and oxygen atoms in total. The largest absolute Gasteiger partial charge is 0.368 e. The van der Waals surface area contributed by atoms with Gasteiger partial charge < -0.3 is 14.6 Å². The number of nitrogens with zero attached hydrogens (tertiary/aromatic N) is 2. The van der Waals surface area contributed by atoms with Crippen molar-refractivity contribution in [3.8, 4) is 0 Å². The first kappa shape index (κ1) is 20.4. The summed E-state index contributed by atoms with van der Waals surface area (Å²) in [6.07, 6.45) is 2.37. The van der Waals surface area contributed by atoms with Gasteiger partial charge in [0.2, 0.25) is 5.91 Å². The summed E-state index contributed by atoms with van der Waals surface area (Å²) in [6.45, 7) is 1.48. The van der Waals surface area contributed by atoms with Crippen molar-refractivity contribution in [2.24, 2.45) is 0 Å². The van der Waals surface area contributed by atoms with Crippen molar-refractivity contribution < 1.29 is 13.9 Å². The van der Waals surface area contributed by atoms with E-state index in [1.807, 2.05) is 59.6 Å². The average Bonchev–Trinajstić information content (AvgIpc) is 3.24. The van der Waals surface area contributed by atoms with E-state index in [1.165, 1.54) is 6.07 Å². The summed E-state index contributed by atoms with van der Waals surface area (Å²) in [4.78, 5) is 22.8. The molecule has 1 aliphatic rings. The lowest BCUT2D eigenvalue weighted by molar-refractivity contribution is -0.138. The topological polar surface area (TPSA) is 58.2 Å². The van der Waals surface area contributed by atoms with E-state index in [0.717, 1.165) is 27.9 Å². The maximum Gasteiger partial charge on any atom is 0.227 e. The third kappa shape index (κ3) is 4.27. The molecular formula is C26H24FN3O2. The Morgan fingerprint density at radius 3 is 2.81 bits per heavy atom. The number of pyridine rings is 1. The van der Waals surface area contributed by atoms with Gasteiger partial charge in [0.05, 0.1) is 25.3 Å². The summed E-state index contributed by atoms with van der Waals surface area (Å²) in [5.41, 5.74) is 4.18. The number of hydrogen-bond donors (Lipinski definition) is 1. The van der Waals surface area contributed by atoms with Crippen LogP contribution in [0.5, 0.6) is 0 Å². The van der Waals surface area contributed by atoms with Crippen molar-refractivity contribution in [1.82, 2.24) is 14.9 Å². The Balaban J connectivity index is 1.28. The molecule has 0 aliphatic carbocycles. The van der Waals surface area contributed by atoms with Crippen LogP contribution in [0.15, 0.2) is 72.9 Å². The molecule has 1 aliphatic heterocycles. The third-order valence-electron chi connectivity index (χ3n) is 5.92. The molecule has 1 N–H and O–H groups in total. The number of carbonyl (C=O) groups excluding carboxylic acids is 1. The highest BCUT2D eigenvalue weighted by Crippen LogP contribution is 2.24. The van der Waals surface area contributed by atoms with Crippen LogP contribution in [-0.2, 0) is 22.4 Å². The molecule has 4 aromatic rings. The molecule has 0 spiro atoms. The molecule has 2 aromatic heterocycles. The fourth-order valence-electron chi connectivity index (χ4n) is 4.22. The lowest BCUT2D eigenvalue weighted by Crippen LogP contribution is -2.43. The molecule has 6 heteroatoms. The second-order valence-electron chi connectivity index (χ2n) is 8.06. The lowest BCUT2D eigenvalue weighted by atomic mass is 10.1. The van der Waals surface area contributed by atoms with E-state index in [-0.39, 0.29) is 17.8 Å². The van der Waals surface area contributed by atoms with Gasteiger partial charge in [-0.3, -0.25) is 9.78 Å². The molecule has 3 heterocycles. The monoisotopic (exact) mass is 429 g/mol. The predicted octanol–water partition coefficient (Wildman–Crippen LogP) is 4.44. The predicted molar refractivity (Wildman–Crippen MR) is 121 cm³/mol. The molecular weight excluding hydrogens is 405 g/mol. The van der Waals surface area contributed by atoms with Gasteiger partial charge in [0, 0.05) is 35.8 Å². The second kappa shape index (κ2) is 8.93. The molecule has 1 saturated heterocycles. The lowest BCUT2D eigenvalue weighted by Gasteiger charge is -2.33. The number of benzene rings is 2. The van der Waals surface area contributed by atoms with Gasteiger partial charge in [-0.05, 0) is 35.4 Å². The number of hydrogen-bond acceptors (Lipinski definition) is 3. The highest BCUT2D eigenvalue weighted by atomic mass is 19.1. The van der Waals surface area contributed by atoms with E-state index in [4.69, 9.17) is 9.72 Å². The number of carbonyl (C=O) groups is 1. The van der Waals surface area contributed by atoms with Crippen LogP contribution >= 0.6 is 0 Å². The van der Waals surface area contributed by atoms with Crippen LogP contribution in [0.4, 0.5) is 4.39 Å². The van der Waals surface area contributed by atoms with Crippen LogP contribution in [0.1, 0.15) is 28.6 Å². The number of morpholine rings is 1. The van der Waals surface area contributed by atoms with Crippen molar-refractivity contribution >= 4 is 16.8 Å². The Morgan fingerprint density at radius 2 is 1.91 bits per heavy atom. The van der Waals surface area contributed by atoms with E-state index >= 15 is 0 Å². The quantitative estimate of drug-likeness (QED) is 0.510. The molecule has 1 amide bonds. The number of amides is 1. The van der Waals surface area contributed by atoms with Gasteiger partial charge in [0.15, 0.2) is 0 Å². The van der Waals surface area contributed by atoms with Crippen molar-refractivity contribution in [2.75, 3.05) is 19.7 Å². The summed E-state index contributed by atoms with van der Waals surface area (Å²) in [5, 5.41) is 1.08. The third-order valence-corrected chi connectivity index (χ3v) is 5.92. The molecule has 1 fully saturated rings. The highest BCUT2D eigenvalue weighted by molar-refractivity contribution is 5.88. The minimum absolute atomic E-state index is 0.0746. The van der Waals surface area contributed by atoms with Crippen LogP contribution in [0.3, 0.4) is 0 Å². The van der Waals surface area contributed by atoms with E-state index < -0.39 is 0 Å². The summed E-state index contributed by atoms with van der Waals surface area (Å²) in [5.74, 6) is -0.159. The molecule has 0 unspecified atom stereocenters. The number of H-pyrrole nitrogens is 1. The minimum atomic E-state index is -0.295. The van der Waals surface area contributed by atoms with E-state index in [2.05, 4.69) is 4.98 Å². The fraction of sp³-hybridized carbons (Fsp3) is 0.231. The minimum Gasteiger partial charge on any atom is -0.368 e. The Hall–Kier alpha value is -3.51. The zero-order valence-electron chi connectivity index (χ0n) is 17.6. The SMILES string of the molecule is O=C(Cc1c[nH]c2ccccc12)N1CCO[C@H](c2cccc(Cc3ccccc3F)n2)C1. The van der Waals surface area contributed by atoms with Gasteiger partial charge in [-0.2, -0.15) is 0 Å². The van der Waals surface area contributed by atoms with Gasteiger partial charge in [-0.25, -0.2) is 4.39 Å². The number of halogens is 1. The first-order chi connectivity index (χ1) is 15.7. The standard InChI is InChI=1S/C26H24FN3O2/c27-22-9-3-1-6-18(22)14-20-7-5-11-24(29-20)25-17-30(12-13-32-25)26(31)15-19-16-28-23-10-4-2-8-21(19)23/h1-11,16,25,28H,12-15,17H2/t25-/m0/s1. The molecule has 0 bridgehead atoms. The van der Waals surface area contributed by atoms with Crippen molar-refractivity contribution in [3.63, 3.8) is 0 Å². The molecule has 162 valence electrons. The van der Waals surface area contributed by atoms with Gasteiger partial charge in [0.25, 0.3) is 0 Å². The summed E-state index contributed by atoms with van der Waals surface area (Å²) >= 11 is 0. The van der Waals surface area contributed by atoms with Crippen molar-refractivity contribution in [2.45, 2.75) is 18.9 Å². The van der Waals surface area contributed by atoms with E-state index in [1.54, 1.807) is 12.1 Å². The fourth-order valence-corrected chi connectivity index (χ4v) is 4.22. The van der Waals surface area contributed by atoms with Crippen LogP contribution < -0.4 is 0 Å². The number of nitrogens with one attached hydrogen (secondary N) is 1. The van der Waals surface area contributed by atoms with Crippen LogP contribution in [0.25, 0.3) is 10.9 Å². The van der Waals surface area contributed by atoms with Crippen molar-refractivity contribution in [3.05, 3.63) is 101 Å². The zero-order valence-corrected chi connectivity index (χ0v) is 17.6. The average molecular weight is 429 g/mol. The molecule has 32 heavy (non-hydrogen) atoms. The molecule has 0 saturated carbocycles. The number of fused-ring (bicyclic) bond motifs is 1. The second-order valence-corrected chi connectivity index (χ2v) is 8.06. The first-order valence-electron chi connectivity index (χ1n) is 10.8. The maximum atomic E-state index is 14.0. The number of rotatable bonds is 5. The van der Waals surface area contributed by atoms with E-state index in [0.29, 0.717) is 38.1 Å². The van der Waals surface area contributed by atoms with Gasteiger partial charge >= 0.3 is 0 Å². The van der Waals surface area contributed by atoms with Gasteiger partial charge in [-0.1, -0.05) is 42.5 Å². The maximum absolute atomic E-state index is 14.0. The van der Waals surface area contributed by atoms with Crippen molar-refractivity contribution in [1.29, 1.82) is 0 Å². The van der Waals surface area contributed by atoms with E-state index in [9.17, 15) is 9.18 Å². The molecule has 2 aromatic carbocycles. The number of aromatic amines is 1. The summed E-state index contributed by atoms with van der Waals surface area (Å²) < 4.78 is 20.0. The first-order valence-corrected chi connectivity index (χ1v) is 10.8. The number of para-hydroxylation sites is 1. The zero-order chi connectivity index (χ0) is 21.9. The number of aromatic nitrogens is 2. The Labute approximate surface area is 185 Å². The van der Waals surface area contributed by atoms with Gasteiger partial charge in [0.1, 0.15) is 11.9 Å². The number of ether oxygens (including phenoxy) is 1. The Morgan fingerprint density at radius 1 is 1.06 bits per heavy atom. The summed E-state index contributed by atoms with van der Waals surface area (Å²) in [6, 6.07) is 20.4. The van der Waals surface area contributed by atoms with Crippen LogP contribution in [-0.4, -0.2) is 40.5 Å². The Kier molecular flexibility index (Phi) is 5.69. The van der Waals surface area contributed by atoms with Crippen LogP contribution in [0, 0.1) is 5.82 Å². The van der Waals surface area contributed by atoms with Gasteiger partial charge in [-0.15, -0.1) is 0 Å². The summed E-state index contributed by atoms with van der Waals surface area (Å²) in [7, 11) is 0. The normalized spacial score (nSPS) is 16.4. The molecule has 5 rings (SSSR count).